The van der Waals surface area contributed by atoms with Gasteiger partial charge in [0, 0.05) is 25.7 Å². The molecule has 32 heavy (non-hydrogen) atoms. The van der Waals surface area contributed by atoms with Gasteiger partial charge in [-0.2, -0.15) is 5.26 Å². The maximum absolute atomic E-state index is 13.2. The molecule has 4 heterocycles. The van der Waals surface area contributed by atoms with Crippen LogP contribution in [0, 0.1) is 18.3 Å². The smallest absolute Gasteiger partial charge is 0.270 e. The van der Waals surface area contributed by atoms with Crippen LogP contribution in [0.2, 0.25) is 0 Å². The Hall–Kier alpha value is -2.83. The number of hydrogen-bond acceptors (Lipinski definition) is 7. The topological polar surface area (TPSA) is 82.5 Å². The first-order chi connectivity index (χ1) is 15.4. The summed E-state index contributed by atoms with van der Waals surface area (Å²) in [6.45, 7) is 3.71. The average Bonchev–Trinajstić information content (AvgIpc) is 3.27. The van der Waals surface area contributed by atoms with Crippen molar-refractivity contribution in [1.29, 1.82) is 5.26 Å². The van der Waals surface area contributed by atoms with Crippen LogP contribution in [-0.2, 0) is 18.4 Å². The predicted octanol–water partition coefficient (Wildman–Crippen LogP) is 3.94. The summed E-state index contributed by atoms with van der Waals surface area (Å²) in [6, 6.07) is 5.62. The molecule has 0 radical (unpaired) electrons. The number of hydrogen-bond donors (Lipinski definition) is 0. The zero-order chi connectivity index (χ0) is 22.8. The molecule has 2 saturated heterocycles. The van der Waals surface area contributed by atoms with Crippen molar-refractivity contribution in [3.63, 3.8) is 0 Å². The minimum absolute atomic E-state index is 0.100. The molecule has 0 unspecified atom stereocenters. The predicted molar refractivity (Wildman–Crippen MR) is 129 cm³/mol. The van der Waals surface area contributed by atoms with Crippen LogP contribution in [0.25, 0.3) is 6.08 Å². The van der Waals surface area contributed by atoms with Gasteiger partial charge in [0.05, 0.1) is 17.7 Å². The number of thioether (sulfide) groups is 1. The first-order valence-electron chi connectivity index (χ1n) is 10.6. The first-order valence-corrected chi connectivity index (χ1v) is 11.8. The largest absolute Gasteiger partial charge is 0.467 e. The van der Waals surface area contributed by atoms with Gasteiger partial charge in [-0.3, -0.25) is 19.1 Å². The van der Waals surface area contributed by atoms with Crippen molar-refractivity contribution in [2.75, 3.05) is 18.0 Å². The van der Waals surface area contributed by atoms with Crippen molar-refractivity contribution in [2.45, 2.75) is 39.2 Å². The highest BCUT2D eigenvalue weighted by Gasteiger charge is 2.33. The standard InChI is InChI=1S/C23H24N4O3S2/c1-15-17(12-19-22(29)27(23(31)32-19)14-16-8-7-11-30-16)20(25(2)21(28)18(15)13-24)26-9-5-3-4-6-10-26/h7-8,11-12H,3-6,9-10,14H2,1-2H3. The normalized spacial score (nSPS) is 18.3. The Morgan fingerprint density at radius 1 is 1.25 bits per heavy atom. The molecule has 0 aliphatic carbocycles. The molecule has 1 amide bonds. The maximum Gasteiger partial charge on any atom is 0.270 e. The lowest BCUT2D eigenvalue weighted by Crippen LogP contribution is -2.34. The van der Waals surface area contributed by atoms with Crippen LogP contribution < -0.4 is 10.5 Å². The summed E-state index contributed by atoms with van der Waals surface area (Å²) in [4.78, 5) is 30.2. The highest BCUT2D eigenvalue weighted by atomic mass is 32.2. The van der Waals surface area contributed by atoms with Crippen molar-refractivity contribution in [1.82, 2.24) is 9.47 Å². The van der Waals surface area contributed by atoms with E-state index in [-0.39, 0.29) is 23.6 Å². The van der Waals surface area contributed by atoms with Crippen molar-refractivity contribution in [2.24, 2.45) is 7.05 Å². The van der Waals surface area contributed by atoms with Gasteiger partial charge in [0.25, 0.3) is 11.5 Å². The van der Waals surface area contributed by atoms with Crippen LogP contribution in [0.3, 0.4) is 0 Å². The molecular weight excluding hydrogens is 444 g/mol. The number of carbonyl (C=O) groups excluding carboxylic acids is 1. The highest BCUT2D eigenvalue weighted by Crippen LogP contribution is 2.36. The maximum atomic E-state index is 13.2. The SMILES string of the molecule is Cc1c(C=C2SC(=S)N(Cc3ccco3)C2=O)c(N2CCCCCC2)n(C)c(=O)c1C#N. The van der Waals surface area contributed by atoms with Crippen LogP contribution in [0.5, 0.6) is 0 Å². The molecule has 0 spiro atoms. The fourth-order valence-corrected chi connectivity index (χ4v) is 5.44. The number of nitriles is 1. The van der Waals surface area contributed by atoms with E-state index in [1.807, 2.05) is 6.07 Å². The number of nitrogens with zero attached hydrogens (tertiary/aromatic N) is 4. The molecule has 4 rings (SSSR count). The van der Waals surface area contributed by atoms with Gasteiger partial charge in [-0.15, -0.1) is 0 Å². The number of pyridine rings is 1. The number of rotatable bonds is 4. The molecule has 0 aromatic carbocycles. The summed E-state index contributed by atoms with van der Waals surface area (Å²) in [5.74, 6) is 1.20. The summed E-state index contributed by atoms with van der Waals surface area (Å²) in [5, 5.41) is 9.63. The monoisotopic (exact) mass is 468 g/mol. The molecule has 2 fully saturated rings. The molecular formula is C23H24N4O3S2. The summed E-state index contributed by atoms with van der Waals surface area (Å²) < 4.78 is 7.37. The van der Waals surface area contributed by atoms with Gasteiger partial charge in [0.1, 0.15) is 27.5 Å². The molecule has 9 heteroatoms. The van der Waals surface area contributed by atoms with Gasteiger partial charge in [0.2, 0.25) is 0 Å². The number of thiocarbonyl (C=S) groups is 1. The highest BCUT2D eigenvalue weighted by molar-refractivity contribution is 8.26. The minimum Gasteiger partial charge on any atom is -0.467 e. The van der Waals surface area contributed by atoms with E-state index in [0.29, 0.717) is 20.5 Å². The van der Waals surface area contributed by atoms with Crippen LogP contribution >= 0.6 is 24.0 Å². The fourth-order valence-electron chi connectivity index (χ4n) is 4.20. The van der Waals surface area contributed by atoms with E-state index in [1.54, 1.807) is 43.0 Å². The Morgan fingerprint density at radius 3 is 2.59 bits per heavy atom. The lowest BCUT2D eigenvalue weighted by atomic mass is 10.0. The van der Waals surface area contributed by atoms with E-state index < -0.39 is 0 Å². The van der Waals surface area contributed by atoms with Crippen LogP contribution in [-0.4, -0.2) is 32.8 Å². The van der Waals surface area contributed by atoms with E-state index in [1.165, 1.54) is 16.7 Å². The Kier molecular flexibility index (Phi) is 6.53. The molecule has 2 aliphatic rings. The van der Waals surface area contributed by atoms with Crippen molar-refractivity contribution < 1.29 is 9.21 Å². The summed E-state index contributed by atoms with van der Waals surface area (Å²) in [7, 11) is 1.70. The second-order valence-electron chi connectivity index (χ2n) is 7.96. The zero-order valence-corrected chi connectivity index (χ0v) is 19.7. The second kappa shape index (κ2) is 9.35. The Bertz CT molecular complexity index is 1180. The quantitative estimate of drug-likeness (QED) is 0.496. The van der Waals surface area contributed by atoms with Crippen LogP contribution in [0.4, 0.5) is 5.82 Å². The van der Waals surface area contributed by atoms with Crippen LogP contribution in [0.15, 0.2) is 32.5 Å². The number of anilines is 1. The second-order valence-corrected chi connectivity index (χ2v) is 9.64. The lowest BCUT2D eigenvalue weighted by molar-refractivity contribution is -0.122. The van der Waals surface area contributed by atoms with E-state index in [2.05, 4.69) is 4.90 Å². The Morgan fingerprint density at radius 2 is 1.97 bits per heavy atom. The zero-order valence-electron chi connectivity index (χ0n) is 18.1. The molecule has 0 bridgehead atoms. The fraction of sp³-hybridized carbons (Fsp3) is 0.391. The Balaban J connectivity index is 1.80. The molecule has 166 valence electrons. The summed E-state index contributed by atoms with van der Waals surface area (Å²) in [6.07, 6.45) is 7.74. The van der Waals surface area contributed by atoms with Crippen molar-refractivity contribution in [3.05, 3.63) is 56.1 Å². The third-order valence-corrected chi connectivity index (χ3v) is 7.29. The molecule has 7 nitrogen and oxygen atoms in total. The molecule has 0 saturated carbocycles. The van der Waals surface area contributed by atoms with Crippen molar-refractivity contribution >= 4 is 46.1 Å². The first kappa shape index (κ1) is 22.4. The van der Waals surface area contributed by atoms with Crippen LogP contribution in [0.1, 0.15) is 48.1 Å². The van der Waals surface area contributed by atoms with E-state index in [4.69, 9.17) is 16.6 Å². The summed E-state index contributed by atoms with van der Waals surface area (Å²) >= 11 is 6.68. The molecule has 2 aromatic heterocycles. The van der Waals surface area contributed by atoms with Gasteiger partial charge in [-0.25, -0.2) is 0 Å². The van der Waals surface area contributed by atoms with Gasteiger partial charge >= 0.3 is 0 Å². The van der Waals surface area contributed by atoms with E-state index in [9.17, 15) is 14.9 Å². The van der Waals surface area contributed by atoms with Gasteiger partial charge in [0.15, 0.2) is 0 Å². The van der Waals surface area contributed by atoms with E-state index in [0.717, 1.165) is 50.2 Å². The third-order valence-electron chi connectivity index (χ3n) is 5.92. The van der Waals surface area contributed by atoms with Gasteiger partial charge in [-0.1, -0.05) is 36.8 Å². The van der Waals surface area contributed by atoms with Gasteiger partial charge < -0.3 is 9.32 Å². The molecule has 2 aromatic rings. The third kappa shape index (κ3) is 4.12. The molecule has 2 aliphatic heterocycles. The Labute approximate surface area is 196 Å². The van der Waals surface area contributed by atoms with Crippen molar-refractivity contribution in [3.8, 4) is 6.07 Å². The number of amides is 1. The molecule has 0 N–H and O–H groups in total. The number of carbonyl (C=O) groups is 1. The number of furan rings is 1. The van der Waals surface area contributed by atoms with Gasteiger partial charge in [-0.05, 0) is 43.5 Å². The van der Waals surface area contributed by atoms with E-state index >= 15 is 0 Å². The number of aromatic nitrogens is 1. The average molecular weight is 469 g/mol. The lowest BCUT2D eigenvalue weighted by Gasteiger charge is -2.28. The summed E-state index contributed by atoms with van der Waals surface area (Å²) in [5.41, 5.74) is 1.10. The molecule has 0 atom stereocenters. The minimum atomic E-state index is -0.313.